The average molecular weight is 387 g/mol. The number of piperidine rings is 1. The summed E-state index contributed by atoms with van der Waals surface area (Å²) in [5.74, 6) is 0.341. The molecule has 3 aromatic heterocycles. The minimum absolute atomic E-state index is 0.135. The summed E-state index contributed by atoms with van der Waals surface area (Å²) in [5, 5.41) is 6.10. The lowest BCUT2D eigenvalue weighted by Gasteiger charge is -2.30. The summed E-state index contributed by atoms with van der Waals surface area (Å²) in [6.45, 7) is 4.60. The van der Waals surface area contributed by atoms with Gasteiger partial charge in [0.15, 0.2) is 5.13 Å². The quantitative estimate of drug-likeness (QED) is 0.715. The number of nitrogens with zero attached hydrogens (tertiary/aromatic N) is 3. The average Bonchev–Trinajstić information content (AvgIpc) is 3.35. The predicted octanol–water partition coefficient (Wildman–Crippen LogP) is 4.16. The van der Waals surface area contributed by atoms with Crippen molar-refractivity contribution in [3.8, 4) is 10.6 Å². The predicted molar refractivity (Wildman–Crippen MR) is 109 cm³/mol. The van der Waals surface area contributed by atoms with Gasteiger partial charge < -0.3 is 10.2 Å². The Kier molecular flexibility index (Phi) is 5.17. The van der Waals surface area contributed by atoms with Crippen LogP contribution in [-0.2, 0) is 4.79 Å². The van der Waals surface area contributed by atoms with Crippen LogP contribution in [0.1, 0.15) is 26.2 Å². The van der Waals surface area contributed by atoms with Gasteiger partial charge in [-0.3, -0.25) is 4.79 Å². The number of amides is 1. The van der Waals surface area contributed by atoms with Crippen molar-refractivity contribution in [2.75, 3.05) is 24.5 Å². The van der Waals surface area contributed by atoms with Crippen LogP contribution in [-0.4, -0.2) is 35.5 Å². The van der Waals surface area contributed by atoms with Crippen molar-refractivity contribution in [2.45, 2.75) is 26.2 Å². The Morgan fingerprint density at radius 2 is 2.12 bits per heavy atom. The van der Waals surface area contributed by atoms with Crippen LogP contribution in [0, 0.1) is 5.92 Å². The van der Waals surface area contributed by atoms with E-state index in [1.165, 1.54) is 4.88 Å². The van der Waals surface area contributed by atoms with Gasteiger partial charge in [0.25, 0.3) is 0 Å². The lowest BCUT2D eigenvalue weighted by molar-refractivity contribution is -0.125. The number of anilines is 1. The van der Waals surface area contributed by atoms with Gasteiger partial charge in [-0.1, -0.05) is 24.3 Å². The summed E-state index contributed by atoms with van der Waals surface area (Å²) in [6.07, 6.45) is 2.76. The molecular formula is C19H22N4OS2. The van der Waals surface area contributed by atoms with Gasteiger partial charge in [-0.25, -0.2) is 9.97 Å². The molecule has 4 rings (SSSR count). The number of thiazole rings is 1. The van der Waals surface area contributed by atoms with Crippen molar-refractivity contribution in [3.05, 3.63) is 29.6 Å². The molecule has 7 heteroatoms. The van der Waals surface area contributed by atoms with E-state index >= 15 is 0 Å². The summed E-state index contributed by atoms with van der Waals surface area (Å²) in [6, 6.07) is 8.24. The van der Waals surface area contributed by atoms with Gasteiger partial charge >= 0.3 is 0 Å². The molecule has 1 fully saturated rings. The molecule has 1 amide bonds. The zero-order chi connectivity index (χ0) is 17.9. The molecule has 1 saturated heterocycles. The molecular weight excluding hydrogens is 364 g/mol. The van der Waals surface area contributed by atoms with Gasteiger partial charge in [-0.15, -0.1) is 11.3 Å². The van der Waals surface area contributed by atoms with Crippen LogP contribution < -0.4 is 10.2 Å². The third-order valence-electron chi connectivity index (χ3n) is 4.70. The topological polar surface area (TPSA) is 58.1 Å². The van der Waals surface area contributed by atoms with E-state index < -0.39 is 0 Å². The number of carbonyl (C=O) groups is 1. The molecule has 26 heavy (non-hydrogen) atoms. The van der Waals surface area contributed by atoms with Gasteiger partial charge in [0, 0.05) is 25.6 Å². The molecule has 0 aliphatic carbocycles. The van der Waals surface area contributed by atoms with E-state index in [4.69, 9.17) is 9.97 Å². The van der Waals surface area contributed by atoms with E-state index in [2.05, 4.69) is 34.7 Å². The minimum Gasteiger partial charge on any atom is -0.356 e. The fraction of sp³-hybridized carbons (Fsp3) is 0.421. The Morgan fingerprint density at radius 3 is 2.85 bits per heavy atom. The highest BCUT2D eigenvalue weighted by molar-refractivity contribution is 7.21. The van der Waals surface area contributed by atoms with E-state index in [1.807, 2.05) is 12.1 Å². The van der Waals surface area contributed by atoms with Gasteiger partial charge in [0.1, 0.15) is 10.3 Å². The lowest BCUT2D eigenvalue weighted by atomic mass is 9.96. The highest BCUT2D eigenvalue weighted by atomic mass is 32.1. The number of hydrogen-bond donors (Lipinski definition) is 1. The Bertz CT molecular complexity index is 882. The Balaban J connectivity index is 1.45. The molecule has 0 bridgehead atoms. The number of fused-ring (bicyclic) bond motifs is 1. The number of hydrogen-bond acceptors (Lipinski definition) is 6. The third kappa shape index (κ3) is 3.59. The summed E-state index contributed by atoms with van der Waals surface area (Å²) >= 11 is 3.35. The van der Waals surface area contributed by atoms with E-state index in [1.54, 1.807) is 22.7 Å². The normalized spacial score (nSPS) is 15.5. The van der Waals surface area contributed by atoms with Crippen molar-refractivity contribution in [3.63, 3.8) is 0 Å². The van der Waals surface area contributed by atoms with Crippen molar-refractivity contribution < 1.29 is 4.79 Å². The van der Waals surface area contributed by atoms with E-state index in [0.717, 1.165) is 60.1 Å². The standard InChI is InChI=1S/C19H22N4OS2/c1-2-9-20-17(24)13-7-10-23(11-8-13)19-22-15-6-5-14(21-18(15)26-19)16-4-3-12-25-16/h3-6,12-13H,2,7-11H2,1H3,(H,20,24). The number of thiophene rings is 1. The van der Waals surface area contributed by atoms with Crippen LogP contribution in [0.5, 0.6) is 0 Å². The molecule has 0 saturated carbocycles. The fourth-order valence-electron chi connectivity index (χ4n) is 3.23. The molecule has 0 spiro atoms. The van der Waals surface area contributed by atoms with Crippen molar-refractivity contribution in [2.24, 2.45) is 5.92 Å². The molecule has 136 valence electrons. The molecule has 1 aliphatic heterocycles. The van der Waals surface area contributed by atoms with Gasteiger partial charge in [0.05, 0.1) is 10.6 Å². The molecule has 4 heterocycles. The van der Waals surface area contributed by atoms with Crippen LogP contribution in [0.2, 0.25) is 0 Å². The second-order valence-corrected chi connectivity index (χ2v) is 8.45. The van der Waals surface area contributed by atoms with E-state index in [0.29, 0.717) is 0 Å². The molecule has 0 atom stereocenters. The Morgan fingerprint density at radius 1 is 1.27 bits per heavy atom. The monoisotopic (exact) mass is 386 g/mol. The SMILES string of the molecule is CCCNC(=O)C1CCN(c2nc3ccc(-c4cccs4)nc3s2)CC1. The van der Waals surface area contributed by atoms with Crippen molar-refractivity contribution >= 4 is 44.1 Å². The van der Waals surface area contributed by atoms with Crippen LogP contribution in [0.3, 0.4) is 0 Å². The van der Waals surface area contributed by atoms with Gasteiger partial charge in [-0.05, 0) is 42.8 Å². The molecule has 0 radical (unpaired) electrons. The molecule has 5 nitrogen and oxygen atoms in total. The van der Waals surface area contributed by atoms with Crippen LogP contribution in [0.25, 0.3) is 20.9 Å². The van der Waals surface area contributed by atoms with Crippen LogP contribution in [0.4, 0.5) is 5.13 Å². The molecule has 1 aliphatic rings. The first-order chi connectivity index (χ1) is 12.7. The van der Waals surface area contributed by atoms with Gasteiger partial charge in [0.2, 0.25) is 5.91 Å². The lowest BCUT2D eigenvalue weighted by Crippen LogP contribution is -2.40. The molecule has 0 aromatic carbocycles. The maximum atomic E-state index is 12.1. The summed E-state index contributed by atoms with van der Waals surface area (Å²) in [4.78, 5) is 26.1. The van der Waals surface area contributed by atoms with Crippen molar-refractivity contribution in [1.29, 1.82) is 0 Å². The summed E-state index contributed by atoms with van der Waals surface area (Å²) in [7, 11) is 0. The Hall–Kier alpha value is -1.99. The highest BCUT2D eigenvalue weighted by Gasteiger charge is 2.26. The van der Waals surface area contributed by atoms with Gasteiger partial charge in [-0.2, -0.15) is 0 Å². The van der Waals surface area contributed by atoms with E-state index in [-0.39, 0.29) is 11.8 Å². The molecule has 1 N–H and O–H groups in total. The second-order valence-electron chi connectivity index (χ2n) is 6.55. The van der Waals surface area contributed by atoms with E-state index in [9.17, 15) is 4.79 Å². The smallest absolute Gasteiger partial charge is 0.223 e. The maximum Gasteiger partial charge on any atom is 0.223 e. The van der Waals surface area contributed by atoms with Crippen LogP contribution in [0.15, 0.2) is 29.6 Å². The molecule has 3 aromatic rings. The third-order valence-corrected chi connectivity index (χ3v) is 6.62. The minimum atomic E-state index is 0.135. The number of pyridine rings is 1. The first-order valence-corrected chi connectivity index (χ1v) is 10.8. The number of rotatable bonds is 5. The molecule has 0 unspecified atom stereocenters. The largest absolute Gasteiger partial charge is 0.356 e. The Labute approximate surface area is 161 Å². The first kappa shape index (κ1) is 17.4. The number of carbonyl (C=O) groups excluding carboxylic acids is 1. The second kappa shape index (κ2) is 7.72. The zero-order valence-corrected chi connectivity index (χ0v) is 16.4. The fourth-order valence-corrected chi connectivity index (χ4v) is 4.91. The summed E-state index contributed by atoms with van der Waals surface area (Å²) in [5.41, 5.74) is 1.96. The maximum absolute atomic E-state index is 12.1. The van der Waals surface area contributed by atoms with Crippen LogP contribution >= 0.6 is 22.7 Å². The first-order valence-electron chi connectivity index (χ1n) is 9.08. The number of aromatic nitrogens is 2. The van der Waals surface area contributed by atoms with Crippen molar-refractivity contribution in [1.82, 2.24) is 15.3 Å². The number of nitrogens with one attached hydrogen (secondary N) is 1. The summed E-state index contributed by atoms with van der Waals surface area (Å²) < 4.78 is 0. The zero-order valence-electron chi connectivity index (χ0n) is 14.8. The highest BCUT2D eigenvalue weighted by Crippen LogP contribution is 2.33.